The molecule has 5 nitrogen and oxygen atoms in total. The fourth-order valence-corrected chi connectivity index (χ4v) is 2.19. The van der Waals surface area contributed by atoms with Gasteiger partial charge in [0.1, 0.15) is 5.75 Å². The molecule has 2 rings (SSSR count). The van der Waals surface area contributed by atoms with Gasteiger partial charge in [-0.15, -0.1) is 0 Å². The molecule has 0 saturated heterocycles. The molecule has 0 spiro atoms. The first kappa shape index (κ1) is 17.1. The minimum absolute atomic E-state index is 0.203. The second-order valence-electron chi connectivity index (χ2n) is 4.66. The van der Waals surface area contributed by atoms with Crippen LogP contribution in [0.25, 0.3) is 0 Å². The van der Waals surface area contributed by atoms with E-state index in [2.05, 4.69) is 16.2 Å². The van der Waals surface area contributed by atoms with Crippen LogP contribution in [0.3, 0.4) is 0 Å². The molecule has 3 N–H and O–H groups in total. The number of rotatable bonds is 4. The van der Waals surface area contributed by atoms with Crippen LogP contribution in [0.5, 0.6) is 5.75 Å². The first-order chi connectivity index (χ1) is 11.1. The van der Waals surface area contributed by atoms with E-state index in [0.29, 0.717) is 5.02 Å². The van der Waals surface area contributed by atoms with Crippen LogP contribution in [0.4, 0.5) is 5.69 Å². The Kier molecular flexibility index (Phi) is 6.19. The lowest BCUT2D eigenvalue weighted by molar-refractivity contribution is -0.120. The van der Waals surface area contributed by atoms with Crippen molar-refractivity contribution in [2.24, 2.45) is 0 Å². The molecule has 2 aromatic rings. The summed E-state index contributed by atoms with van der Waals surface area (Å²) in [5.74, 6) is 0.546. The van der Waals surface area contributed by atoms with E-state index >= 15 is 0 Å². The number of carbonyl (C=O) groups excluding carboxylic acids is 1. The molecule has 23 heavy (non-hydrogen) atoms. The van der Waals surface area contributed by atoms with Gasteiger partial charge < -0.3 is 10.1 Å². The van der Waals surface area contributed by atoms with Crippen LogP contribution in [0.2, 0.25) is 5.02 Å². The van der Waals surface area contributed by atoms with Crippen molar-refractivity contribution in [3.63, 3.8) is 0 Å². The Morgan fingerprint density at radius 3 is 2.57 bits per heavy atom. The number of carbonyl (C=O) groups is 1. The summed E-state index contributed by atoms with van der Waals surface area (Å²) in [6.45, 7) is 0. The highest BCUT2D eigenvalue weighted by Crippen LogP contribution is 2.14. The summed E-state index contributed by atoms with van der Waals surface area (Å²) in [4.78, 5) is 11.9. The van der Waals surface area contributed by atoms with Gasteiger partial charge >= 0.3 is 0 Å². The van der Waals surface area contributed by atoms with Gasteiger partial charge in [0.25, 0.3) is 0 Å². The Bertz CT molecular complexity index is 692. The molecule has 7 heteroatoms. The van der Waals surface area contributed by atoms with Gasteiger partial charge in [0, 0.05) is 10.7 Å². The van der Waals surface area contributed by atoms with Crippen molar-refractivity contribution in [3.05, 3.63) is 59.1 Å². The molecule has 0 aromatic heterocycles. The van der Waals surface area contributed by atoms with Crippen molar-refractivity contribution in [1.29, 1.82) is 0 Å². The highest BCUT2D eigenvalue weighted by molar-refractivity contribution is 7.80. The van der Waals surface area contributed by atoms with Crippen molar-refractivity contribution < 1.29 is 9.53 Å². The molecule has 0 aliphatic rings. The average molecular weight is 350 g/mol. The van der Waals surface area contributed by atoms with Crippen molar-refractivity contribution in [1.82, 2.24) is 10.9 Å². The second kappa shape index (κ2) is 8.36. The molecule has 120 valence electrons. The number of hydrazine groups is 1. The van der Waals surface area contributed by atoms with Gasteiger partial charge in [-0.2, -0.15) is 0 Å². The SMILES string of the molecule is COc1ccc(CC(=O)NNC(=S)Nc2cccc(Cl)c2)cc1. The van der Waals surface area contributed by atoms with E-state index in [-0.39, 0.29) is 17.4 Å². The third kappa shape index (κ3) is 5.77. The van der Waals surface area contributed by atoms with Crippen molar-refractivity contribution in [2.45, 2.75) is 6.42 Å². The number of ether oxygens (including phenoxy) is 1. The third-order valence-corrected chi connectivity index (χ3v) is 3.36. The zero-order valence-corrected chi connectivity index (χ0v) is 14.0. The quantitative estimate of drug-likeness (QED) is 0.585. The maximum absolute atomic E-state index is 11.9. The number of hydrogen-bond acceptors (Lipinski definition) is 3. The van der Waals surface area contributed by atoms with Crippen LogP contribution in [-0.4, -0.2) is 18.1 Å². The standard InChI is InChI=1S/C16H16ClN3O2S/c1-22-14-7-5-11(6-8-14)9-15(21)19-20-16(23)18-13-4-2-3-12(17)10-13/h2-8,10H,9H2,1H3,(H,19,21)(H2,18,20,23). The monoisotopic (exact) mass is 349 g/mol. The molecular formula is C16H16ClN3O2S. The number of nitrogens with one attached hydrogen (secondary N) is 3. The van der Waals surface area contributed by atoms with E-state index in [1.54, 1.807) is 37.4 Å². The summed E-state index contributed by atoms with van der Waals surface area (Å²) in [5, 5.41) is 3.79. The first-order valence-corrected chi connectivity index (χ1v) is 7.60. The third-order valence-electron chi connectivity index (χ3n) is 2.92. The normalized spacial score (nSPS) is 9.83. The van der Waals surface area contributed by atoms with E-state index < -0.39 is 0 Å². The molecule has 0 heterocycles. The number of thiocarbonyl (C=S) groups is 1. The van der Waals surface area contributed by atoms with Crippen LogP contribution >= 0.6 is 23.8 Å². The Hall–Kier alpha value is -2.31. The molecule has 0 atom stereocenters. The zero-order valence-electron chi connectivity index (χ0n) is 12.4. The smallest absolute Gasteiger partial charge is 0.242 e. The fraction of sp³-hybridized carbons (Fsp3) is 0.125. The summed E-state index contributed by atoms with van der Waals surface area (Å²) >= 11 is 11.0. The Morgan fingerprint density at radius 2 is 1.91 bits per heavy atom. The number of amides is 1. The highest BCUT2D eigenvalue weighted by atomic mass is 35.5. The van der Waals surface area contributed by atoms with E-state index in [1.165, 1.54) is 0 Å². The van der Waals surface area contributed by atoms with E-state index in [0.717, 1.165) is 17.0 Å². The van der Waals surface area contributed by atoms with Gasteiger partial charge in [0.15, 0.2) is 5.11 Å². The summed E-state index contributed by atoms with van der Waals surface area (Å²) in [6.07, 6.45) is 0.233. The largest absolute Gasteiger partial charge is 0.497 e. The van der Waals surface area contributed by atoms with Crippen LogP contribution in [0.1, 0.15) is 5.56 Å². The summed E-state index contributed by atoms with van der Waals surface area (Å²) in [5.41, 5.74) is 6.79. The van der Waals surface area contributed by atoms with E-state index in [4.69, 9.17) is 28.6 Å². The average Bonchev–Trinajstić information content (AvgIpc) is 2.54. The molecule has 0 aliphatic heterocycles. The molecule has 0 unspecified atom stereocenters. The summed E-state index contributed by atoms with van der Waals surface area (Å²) < 4.78 is 5.07. The van der Waals surface area contributed by atoms with Gasteiger partial charge in [0.2, 0.25) is 5.91 Å². The molecule has 0 bridgehead atoms. The zero-order chi connectivity index (χ0) is 16.7. The maximum Gasteiger partial charge on any atom is 0.242 e. The van der Waals surface area contributed by atoms with Crippen LogP contribution in [0, 0.1) is 0 Å². The molecule has 1 amide bonds. The van der Waals surface area contributed by atoms with Gasteiger partial charge in [-0.1, -0.05) is 29.8 Å². The fourth-order valence-electron chi connectivity index (χ4n) is 1.83. The summed E-state index contributed by atoms with van der Waals surface area (Å²) in [6, 6.07) is 14.4. The van der Waals surface area contributed by atoms with Crippen LogP contribution in [-0.2, 0) is 11.2 Å². The lowest BCUT2D eigenvalue weighted by Gasteiger charge is -2.12. The first-order valence-electron chi connectivity index (χ1n) is 6.81. The number of benzene rings is 2. The lowest BCUT2D eigenvalue weighted by atomic mass is 10.1. The summed E-state index contributed by atoms with van der Waals surface area (Å²) in [7, 11) is 1.60. The Balaban J connectivity index is 1.78. The number of halogens is 1. The predicted octanol–water partition coefficient (Wildman–Crippen LogP) is 2.91. The number of methoxy groups -OCH3 is 1. The van der Waals surface area contributed by atoms with E-state index in [9.17, 15) is 4.79 Å². The van der Waals surface area contributed by atoms with Crippen molar-refractivity contribution in [3.8, 4) is 5.75 Å². The number of hydrogen-bond donors (Lipinski definition) is 3. The molecule has 0 radical (unpaired) electrons. The molecule has 0 saturated carbocycles. The second-order valence-corrected chi connectivity index (χ2v) is 5.51. The predicted molar refractivity (Wildman–Crippen MR) is 95.6 cm³/mol. The minimum atomic E-state index is -0.203. The van der Waals surface area contributed by atoms with Crippen molar-refractivity contribution in [2.75, 3.05) is 12.4 Å². The molecule has 0 fully saturated rings. The van der Waals surface area contributed by atoms with Gasteiger partial charge in [-0.25, -0.2) is 0 Å². The number of anilines is 1. The van der Waals surface area contributed by atoms with Gasteiger partial charge in [0.05, 0.1) is 13.5 Å². The Labute approximate surface area is 145 Å². The maximum atomic E-state index is 11.9. The van der Waals surface area contributed by atoms with E-state index in [1.807, 2.05) is 18.2 Å². The Morgan fingerprint density at radius 1 is 1.17 bits per heavy atom. The van der Waals surface area contributed by atoms with Gasteiger partial charge in [-0.05, 0) is 48.1 Å². The minimum Gasteiger partial charge on any atom is -0.497 e. The highest BCUT2D eigenvalue weighted by Gasteiger charge is 2.04. The topological polar surface area (TPSA) is 62.4 Å². The van der Waals surface area contributed by atoms with Gasteiger partial charge in [-0.3, -0.25) is 15.6 Å². The molecular weight excluding hydrogens is 334 g/mol. The van der Waals surface area contributed by atoms with Crippen LogP contribution in [0.15, 0.2) is 48.5 Å². The molecule has 2 aromatic carbocycles. The van der Waals surface area contributed by atoms with Crippen LogP contribution < -0.4 is 20.9 Å². The van der Waals surface area contributed by atoms with Crippen molar-refractivity contribution >= 4 is 40.5 Å². The lowest BCUT2D eigenvalue weighted by Crippen LogP contribution is -2.44. The molecule has 0 aliphatic carbocycles.